The van der Waals surface area contributed by atoms with E-state index in [1.165, 1.54) is 12.1 Å². The van der Waals surface area contributed by atoms with Crippen LogP contribution in [0, 0.1) is 12.7 Å². The van der Waals surface area contributed by atoms with Crippen molar-refractivity contribution in [3.8, 4) is 0 Å². The number of hydrogen-bond acceptors (Lipinski definition) is 4. The number of nitrogens with one attached hydrogen (secondary N) is 2. The molecule has 3 rings (SSSR count). The molecule has 1 amide bonds. The Morgan fingerprint density at radius 1 is 1.11 bits per heavy atom. The number of rotatable bonds is 6. The summed E-state index contributed by atoms with van der Waals surface area (Å²) >= 11 is 5.88. The van der Waals surface area contributed by atoms with Crippen molar-refractivity contribution in [2.45, 2.75) is 13.3 Å². The molecule has 7 heteroatoms. The molecule has 5 nitrogen and oxygen atoms in total. The number of aryl methyl sites for hydroxylation is 1. The van der Waals surface area contributed by atoms with E-state index in [0.717, 1.165) is 12.0 Å². The van der Waals surface area contributed by atoms with Gasteiger partial charge in [-0.15, -0.1) is 0 Å². The molecular weight excluding hydrogens is 367 g/mol. The number of hydrogen-bond donors (Lipinski definition) is 2. The average Bonchev–Trinajstić information content (AvgIpc) is 2.65. The van der Waals surface area contributed by atoms with Crippen LogP contribution in [0.3, 0.4) is 0 Å². The second-order valence-corrected chi connectivity index (χ2v) is 6.36. The van der Waals surface area contributed by atoms with E-state index in [2.05, 4.69) is 20.6 Å². The predicted molar refractivity (Wildman–Crippen MR) is 105 cm³/mol. The molecular formula is C20H18ClFN4O. The first-order chi connectivity index (χ1) is 13.0. The van der Waals surface area contributed by atoms with Gasteiger partial charge in [0.25, 0.3) is 5.91 Å². The van der Waals surface area contributed by atoms with Crippen molar-refractivity contribution in [1.29, 1.82) is 0 Å². The maximum Gasteiger partial charge on any atom is 0.274 e. The van der Waals surface area contributed by atoms with Gasteiger partial charge in [-0.05, 0) is 43.2 Å². The minimum absolute atomic E-state index is 0.107. The van der Waals surface area contributed by atoms with E-state index in [4.69, 9.17) is 11.6 Å². The highest BCUT2D eigenvalue weighted by Gasteiger charge is 2.12. The van der Waals surface area contributed by atoms with Gasteiger partial charge in [0.15, 0.2) is 0 Å². The van der Waals surface area contributed by atoms with Gasteiger partial charge in [-0.25, -0.2) is 14.4 Å². The summed E-state index contributed by atoms with van der Waals surface area (Å²) in [5.41, 5.74) is 1.41. The monoisotopic (exact) mass is 384 g/mol. The highest BCUT2D eigenvalue weighted by Crippen LogP contribution is 2.15. The zero-order valence-corrected chi connectivity index (χ0v) is 15.4. The highest BCUT2D eigenvalue weighted by atomic mass is 35.5. The first-order valence-electron chi connectivity index (χ1n) is 8.41. The summed E-state index contributed by atoms with van der Waals surface area (Å²) in [4.78, 5) is 20.8. The fourth-order valence-electron chi connectivity index (χ4n) is 2.51. The van der Waals surface area contributed by atoms with Gasteiger partial charge >= 0.3 is 0 Å². The fourth-order valence-corrected chi connectivity index (χ4v) is 2.64. The lowest BCUT2D eigenvalue weighted by atomic mass is 10.1. The summed E-state index contributed by atoms with van der Waals surface area (Å²) in [5.74, 6) is -0.00961. The quantitative estimate of drug-likeness (QED) is 0.657. The van der Waals surface area contributed by atoms with Crippen molar-refractivity contribution in [2.75, 3.05) is 17.2 Å². The highest BCUT2D eigenvalue weighted by molar-refractivity contribution is 6.30. The van der Waals surface area contributed by atoms with E-state index in [9.17, 15) is 9.18 Å². The minimum atomic E-state index is -0.502. The molecule has 0 spiro atoms. The molecule has 3 aromatic rings. The molecule has 138 valence electrons. The number of halogens is 2. The standard InChI is InChI=1S/C20H18ClFN4O/c1-13-24-18(20(27)26-17-5-3-2-4-16(17)22)12-19(25-13)23-11-10-14-6-8-15(21)9-7-14/h2-9,12H,10-11H2,1H3,(H,26,27)(H,23,24,25). The molecule has 0 radical (unpaired) electrons. The molecule has 2 aromatic carbocycles. The van der Waals surface area contributed by atoms with Crippen LogP contribution in [0.15, 0.2) is 54.6 Å². The Morgan fingerprint density at radius 2 is 1.85 bits per heavy atom. The third-order valence-electron chi connectivity index (χ3n) is 3.83. The van der Waals surface area contributed by atoms with Crippen molar-refractivity contribution in [1.82, 2.24) is 9.97 Å². The summed E-state index contributed by atoms with van der Waals surface area (Å²) in [5, 5.41) is 6.40. The largest absolute Gasteiger partial charge is 0.370 e. The van der Waals surface area contributed by atoms with Crippen molar-refractivity contribution in [3.63, 3.8) is 0 Å². The minimum Gasteiger partial charge on any atom is -0.370 e. The third kappa shape index (κ3) is 5.24. The molecule has 0 aliphatic rings. The van der Waals surface area contributed by atoms with Crippen LogP contribution in [0.2, 0.25) is 5.02 Å². The lowest BCUT2D eigenvalue weighted by Gasteiger charge is -2.10. The Kier molecular flexibility index (Phi) is 5.98. The van der Waals surface area contributed by atoms with Crippen molar-refractivity contribution in [2.24, 2.45) is 0 Å². The van der Waals surface area contributed by atoms with Crippen molar-refractivity contribution in [3.05, 3.63) is 82.5 Å². The summed E-state index contributed by atoms with van der Waals surface area (Å²) in [6.45, 7) is 2.33. The van der Waals surface area contributed by atoms with E-state index >= 15 is 0 Å². The number of aromatic nitrogens is 2. The summed E-state index contributed by atoms with van der Waals surface area (Å²) in [6.07, 6.45) is 0.775. The van der Waals surface area contributed by atoms with Gasteiger partial charge < -0.3 is 10.6 Å². The number of carbonyl (C=O) groups is 1. The fraction of sp³-hybridized carbons (Fsp3) is 0.150. The molecule has 0 saturated carbocycles. The van der Waals surface area contributed by atoms with E-state index in [-0.39, 0.29) is 11.4 Å². The number of amides is 1. The van der Waals surface area contributed by atoms with Crippen LogP contribution in [-0.2, 0) is 6.42 Å². The molecule has 0 aliphatic carbocycles. The molecule has 0 bridgehead atoms. The second-order valence-electron chi connectivity index (χ2n) is 5.92. The van der Waals surface area contributed by atoms with Gasteiger partial charge in [0.2, 0.25) is 0 Å². The first kappa shape index (κ1) is 18.8. The molecule has 0 unspecified atom stereocenters. The smallest absolute Gasteiger partial charge is 0.274 e. The van der Waals surface area contributed by atoms with Gasteiger partial charge in [-0.3, -0.25) is 4.79 Å². The van der Waals surface area contributed by atoms with E-state index in [1.807, 2.05) is 24.3 Å². The van der Waals surface area contributed by atoms with Gasteiger partial charge in [0.1, 0.15) is 23.2 Å². The Balaban J connectivity index is 1.65. The zero-order chi connectivity index (χ0) is 19.2. The second kappa shape index (κ2) is 8.60. The molecule has 27 heavy (non-hydrogen) atoms. The number of carbonyl (C=O) groups excluding carboxylic acids is 1. The lowest BCUT2D eigenvalue weighted by Crippen LogP contribution is -2.17. The van der Waals surface area contributed by atoms with Gasteiger partial charge in [0, 0.05) is 17.6 Å². The maximum atomic E-state index is 13.7. The van der Waals surface area contributed by atoms with Crippen molar-refractivity contribution < 1.29 is 9.18 Å². The van der Waals surface area contributed by atoms with Crippen LogP contribution in [0.1, 0.15) is 21.9 Å². The molecule has 1 heterocycles. The maximum absolute atomic E-state index is 13.7. The molecule has 1 aromatic heterocycles. The zero-order valence-electron chi connectivity index (χ0n) is 14.7. The van der Waals surface area contributed by atoms with Crippen LogP contribution in [0.5, 0.6) is 0 Å². The van der Waals surface area contributed by atoms with E-state index in [1.54, 1.807) is 25.1 Å². The van der Waals surface area contributed by atoms with Gasteiger partial charge in [-0.2, -0.15) is 0 Å². The molecule has 2 N–H and O–H groups in total. The Hall–Kier alpha value is -2.99. The van der Waals surface area contributed by atoms with Crippen LogP contribution in [-0.4, -0.2) is 22.4 Å². The molecule has 0 atom stereocenters. The molecule has 0 fully saturated rings. The first-order valence-corrected chi connectivity index (χ1v) is 8.79. The van der Waals surface area contributed by atoms with Crippen LogP contribution in [0.25, 0.3) is 0 Å². The number of nitrogens with zero attached hydrogens (tertiary/aromatic N) is 2. The number of benzene rings is 2. The summed E-state index contributed by atoms with van der Waals surface area (Å²) < 4.78 is 13.7. The van der Waals surface area contributed by atoms with Crippen LogP contribution in [0.4, 0.5) is 15.9 Å². The lowest BCUT2D eigenvalue weighted by molar-refractivity contribution is 0.102. The average molecular weight is 385 g/mol. The SMILES string of the molecule is Cc1nc(NCCc2ccc(Cl)cc2)cc(C(=O)Nc2ccccc2F)n1. The molecule has 0 aliphatic heterocycles. The van der Waals surface area contributed by atoms with Crippen LogP contribution >= 0.6 is 11.6 Å². The van der Waals surface area contributed by atoms with Gasteiger partial charge in [0.05, 0.1) is 5.69 Å². The number of para-hydroxylation sites is 1. The van der Waals surface area contributed by atoms with E-state index in [0.29, 0.717) is 23.2 Å². The van der Waals surface area contributed by atoms with Crippen LogP contribution < -0.4 is 10.6 Å². The Labute approximate surface area is 161 Å². The van der Waals surface area contributed by atoms with E-state index < -0.39 is 11.7 Å². The summed E-state index contributed by atoms with van der Waals surface area (Å²) in [6, 6.07) is 15.1. The summed E-state index contributed by atoms with van der Waals surface area (Å²) in [7, 11) is 0. The topological polar surface area (TPSA) is 66.9 Å². The Morgan fingerprint density at radius 3 is 2.59 bits per heavy atom. The number of anilines is 2. The van der Waals surface area contributed by atoms with Gasteiger partial charge in [-0.1, -0.05) is 35.9 Å². The Bertz CT molecular complexity index is 947. The predicted octanol–water partition coefficient (Wildman–Crippen LogP) is 4.48. The van der Waals surface area contributed by atoms with Crippen molar-refractivity contribution >= 4 is 29.0 Å². The molecule has 0 saturated heterocycles. The normalized spacial score (nSPS) is 10.5. The third-order valence-corrected chi connectivity index (χ3v) is 4.08.